The topological polar surface area (TPSA) is 163 Å². The lowest BCUT2D eigenvalue weighted by atomic mass is 9.49. The van der Waals surface area contributed by atoms with Crippen molar-refractivity contribution < 1.29 is 42.3 Å². The second-order valence-corrected chi connectivity index (χ2v) is 14.2. The van der Waals surface area contributed by atoms with Crippen molar-refractivity contribution in [2.75, 3.05) is 5.43 Å². The van der Waals surface area contributed by atoms with Crippen molar-refractivity contribution >= 4 is 74.6 Å². The summed E-state index contributed by atoms with van der Waals surface area (Å²) in [5.41, 5.74) is 5.90. The summed E-state index contributed by atoms with van der Waals surface area (Å²) in [5, 5.41) is 11.8. The van der Waals surface area contributed by atoms with Crippen LogP contribution in [-0.4, -0.2) is 49.7 Å². The van der Waals surface area contributed by atoms with Gasteiger partial charge in [-0.3, -0.25) is 24.6 Å². The van der Waals surface area contributed by atoms with Crippen LogP contribution in [0.5, 0.6) is 5.75 Å². The Balaban J connectivity index is 1.45. The second kappa shape index (κ2) is 11.8. The number of nitrogens with zero attached hydrogens (tertiary/aromatic N) is 3. The Bertz CT molecular complexity index is 2060. The zero-order valence-corrected chi connectivity index (χ0v) is 28.3. The van der Waals surface area contributed by atoms with E-state index in [1.165, 1.54) is 18.2 Å². The second-order valence-electron chi connectivity index (χ2n) is 12.5. The summed E-state index contributed by atoms with van der Waals surface area (Å²) in [4.78, 5) is 73.0. The van der Waals surface area contributed by atoms with E-state index in [0.717, 1.165) is 0 Å². The van der Waals surface area contributed by atoms with Gasteiger partial charge in [-0.2, -0.15) is 23.1 Å². The molecule has 4 aliphatic rings. The molecule has 50 heavy (non-hydrogen) atoms. The molecule has 6 amide bonds. The van der Waals surface area contributed by atoms with Crippen molar-refractivity contribution in [3.63, 3.8) is 0 Å². The number of halogens is 6. The van der Waals surface area contributed by atoms with Crippen LogP contribution in [0.3, 0.4) is 0 Å². The molecule has 2 aliphatic heterocycles. The Labute approximate surface area is 299 Å². The number of hydrazine groups is 1. The smallest absolute Gasteiger partial charge is 0.417 e. The summed E-state index contributed by atoms with van der Waals surface area (Å²) < 4.78 is 40.6. The number of carbonyl (C=O) groups is 5. The number of anilines is 1. The van der Waals surface area contributed by atoms with Gasteiger partial charge in [0.1, 0.15) is 5.75 Å². The molecule has 17 heteroatoms. The van der Waals surface area contributed by atoms with Crippen LogP contribution in [0.2, 0.25) is 10.0 Å². The molecule has 2 aliphatic carbocycles. The molecule has 6 atom stereocenters. The molecule has 0 bridgehead atoms. The molecule has 2 aromatic carbocycles. The van der Waals surface area contributed by atoms with Crippen LogP contribution < -0.4 is 11.2 Å². The van der Waals surface area contributed by atoms with Crippen molar-refractivity contribution in [1.82, 2.24) is 14.9 Å². The Morgan fingerprint density at radius 3 is 2.36 bits per heavy atom. The van der Waals surface area contributed by atoms with Crippen LogP contribution in [0.25, 0.3) is 0 Å². The number of carbonyl (C=O) groups excluding carboxylic acids is 5. The van der Waals surface area contributed by atoms with Gasteiger partial charge in [-0.15, -0.1) is 0 Å². The highest BCUT2D eigenvalue weighted by atomic mass is 79.9. The predicted molar refractivity (Wildman–Crippen MR) is 174 cm³/mol. The standard InChI is InChI=1S/C33H23BrCl2F3N5O6/c34-15-3-8-23(45)20(10-15)25-17-6-7-18-24(29(48)43(27(18)46)31(40)50)19(17)11-21-28(47)44(30(49)32(21,25)13-1-4-16(35)5-2-13)42-26-22(36)9-14(12-41-26)33(37,38)39/h1-6,8-10,12,18-19,21,24-25,45H,7,11H2,(H2,40,50)(H,41,42)/t18-,19+,21-,24-,25+,32+/m0/s1. The van der Waals surface area contributed by atoms with Gasteiger partial charge in [0.2, 0.25) is 11.8 Å². The van der Waals surface area contributed by atoms with E-state index in [1.54, 1.807) is 30.3 Å². The maximum atomic E-state index is 15.1. The summed E-state index contributed by atoms with van der Waals surface area (Å²) in [7, 11) is 0. The van der Waals surface area contributed by atoms with Crippen molar-refractivity contribution in [3.05, 3.63) is 97.6 Å². The van der Waals surface area contributed by atoms with E-state index in [0.29, 0.717) is 42.8 Å². The van der Waals surface area contributed by atoms with E-state index in [2.05, 4.69) is 26.3 Å². The average molecular weight is 793 g/mol. The van der Waals surface area contributed by atoms with E-state index in [4.69, 9.17) is 28.9 Å². The highest BCUT2D eigenvalue weighted by Gasteiger charge is 2.71. The number of nitrogens with one attached hydrogen (secondary N) is 1. The lowest BCUT2D eigenvalue weighted by Gasteiger charge is -2.50. The number of alkyl halides is 3. The van der Waals surface area contributed by atoms with Crippen LogP contribution in [0, 0.1) is 23.7 Å². The van der Waals surface area contributed by atoms with Crippen LogP contribution in [-0.2, 0) is 30.8 Å². The molecule has 0 unspecified atom stereocenters. The molecule has 2 saturated heterocycles. The van der Waals surface area contributed by atoms with E-state index >= 15 is 4.79 Å². The normalized spacial score (nSPS) is 27.6. The molecule has 4 N–H and O–H groups in total. The van der Waals surface area contributed by atoms with Crippen molar-refractivity contribution in [3.8, 4) is 5.75 Å². The summed E-state index contributed by atoms with van der Waals surface area (Å²) in [5.74, 6) is -9.41. The molecular formula is C33H23BrCl2F3N5O6. The molecule has 3 fully saturated rings. The van der Waals surface area contributed by atoms with Crippen molar-refractivity contribution in [1.29, 1.82) is 0 Å². The molecule has 3 aromatic rings. The molecule has 258 valence electrons. The fraction of sp³-hybridized carbons (Fsp3) is 0.273. The molecule has 0 radical (unpaired) electrons. The Kier molecular flexibility index (Phi) is 8.03. The minimum absolute atomic E-state index is 0.00728. The molecule has 1 aromatic heterocycles. The molecule has 3 heterocycles. The number of aromatic nitrogens is 1. The predicted octanol–water partition coefficient (Wildman–Crippen LogP) is 5.94. The van der Waals surface area contributed by atoms with E-state index < -0.39 is 87.2 Å². The van der Waals surface area contributed by atoms with Crippen LogP contribution in [0.4, 0.5) is 23.8 Å². The summed E-state index contributed by atoms with van der Waals surface area (Å²) in [6.45, 7) is 0. The summed E-state index contributed by atoms with van der Waals surface area (Å²) in [6, 6.07) is 10.0. The van der Waals surface area contributed by atoms with Gasteiger partial charge < -0.3 is 10.8 Å². The number of hydrogen-bond donors (Lipinski definition) is 3. The fourth-order valence-electron chi connectivity index (χ4n) is 8.10. The highest BCUT2D eigenvalue weighted by Crippen LogP contribution is 2.65. The number of rotatable bonds is 4. The van der Waals surface area contributed by atoms with Crippen molar-refractivity contribution in [2.24, 2.45) is 29.4 Å². The first-order valence-electron chi connectivity index (χ1n) is 15.1. The van der Waals surface area contributed by atoms with Crippen LogP contribution in [0.15, 0.2) is 70.8 Å². The number of fused-ring (bicyclic) bond motifs is 4. The minimum atomic E-state index is -4.77. The number of aromatic hydroxyl groups is 1. The number of allylic oxidation sites excluding steroid dienone is 2. The lowest BCUT2D eigenvalue weighted by molar-refractivity contribution is -0.140. The summed E-state index contributed by atoms with van der Waals surface area (Å²) >= 11 is 15.8. The largest absolute Gasteiger partial charge is 0.508 e. The van der Waals surface area contributed by atoms with Crippen LogP contribution >= 0.6 is 39.1 Å². The highest BCUT2D eigenvalue weighted by molar-refractivity contribution is 9.10. The third-order valence-corrected chi connectivity index (χ3v) is 11.1. The quantitative estimate of drug-likeness (QED) is 0.216. The molecule has 0 spiro atoms. The Morgan fingerprint density at radius 2 is 1.72 bits per heavy atom. The van der Waals surface area contributed by atoms with Gasteiger partial charge in [0.25, 0.3) is 11.8 Å². The molecule has 11 nitrogen and oxygen atoms in total. The zero-order valence-electron chi connectivity index (χ0n) is 25.2. The minimum Gasteiger partial charge on any atom is -0.508 e. The first-order chi connectivity index (χ1) is 23.6. The third-order valence-electron chi connectivity index (χ3n) is 10.1. The van der Waals surface area contributed by atoms with Gasteiger partial charge >= 0.3 is 12.2 Å². The van der Waals surface area contributed by atoms with Crippen molar-refractivity contribution in [2.45, 2.75) is 30.4 Å². The maximum Gasteiger partial charge on any atom is 0.417 e. The van der Waals surface area contributed by atoms with Gasteiger partial charge in [0.15, 0.2) is 5.82 Å². The number of likely N-dealkylation sites (tertiary alicyclic amines) is 1. The number of hydrogen-bond acceptors (Lipinski definition) is 8. The first-order valence-corrected chi connectivity index (χ1v) is 16.6. The zero-order chi connectivity index (χ0) is 36.0. The summed E-state index contributed by atoms with van der Waals surface area (Å²) in [6.07, 6.45) is -2.76. The average Bonchev–Trinajstić information content (AvgIpc) is 3.44. The number of phenolic OH excluding ortho intramolecular Hbond substituents is 1. The van der Waals surface area contributed by atoms with Crippen LogP contribution in [0.1, 0.15) is 35.4 Å². The monoisotopic (exact) mass is 791 g/mol. The number of imide groups is 4. The Morgan fingerprint density at radius 1 is 1.02 bits per heavy atom. The lowest BCUT2D eigenvalue weighted by Crippen LogP contribution is -2.53. The number of nitrogens with two attached hydrogens (primary N) is 1. The number of amides is 6. The van der Waals surface area contributed by atoms with E-state index in [-0.39, 0.29) is 24.2 Å². The third kappa shape index (κ3) is 4.92. The number of pyridine rings is 1. The number of urea groups is 1. The molecular weight excluding hydrogens is 770 g/mol. The van der Waals surface area contributed by atoms with Gasteiger partial charge in [-0.25, -0.2) is 9.78 Å². The maximum absolute atomic E-state index is 15.1. The Hall–Kier alpha value is -4.47. The van der Waals surface area contributed by atoms with E-state index in [1.807, 2.05) is 0 Å². The first kappa shape index (κ1) is 34.0. The molecule has 7 rings (SSSR count). The van der Waals surface area contributed by atoms with Gasteiger partial charge in [0, 0.05) is 27.2 Å². The fourth-order valence-corrected chi connectivity index (χ4v) is 8.81. The van der Waals surface area contributed by atoms with Gasteiger partial charge in [-0.1, -0.05) is 62.9 Å². The van der Waals surface area contributed by atoms with E-state index in [9.17, 15) is 37.5 Å². The number of phenols is 1. The number of primary amides is 1. The van der Waals surface area contributed by atoms with Gasteiger partial charge in [0.05, 0.1) is 33.8 Å². The SMILES string of the molecule is NC(=O)N1C(=O)[C@H]2[C@H](CC=C3[C@H]2C[C@H]2C(=O)N(Nc4ncc(C(F)(F)F)cc4Cl)C(=O)[C@@]2(c2ccc(Cl)cc2)[C@H]3c2cc(Br)ccc2O)C1=O. The molecule has 1 saturated carbocycles. The number of benzene rings is 2. The van der Waals surface area contributed by atoms with Gasteiger partial charge in [-0.05, 0) is 60.7 Å².